The molecule has 1 amide bonds. The molecule has 0 spiro atoms. The van der Waals surface area contributed by atoms with E-state index in [1.165, 1.54) is 6.92 Å². The third kappa shape index (κ3) is 2.87. The predicted octanol–water partition coefficient (Wildman–Crippen LogP) is 4.24. The Bertz CT molecular complexity index is 976. The number of esters is 1. The highest BCUT2D eigenvalue weighted by atomic mass is 16.5. The Kier molecular flexibility index (Phi) is 3.73. The molecule has 3 aromatic carbocycles. The number of carbonyl (C=O) groups is 2. The summed E-state index contributed by atoms with van der Waals surface area (Å²) in [4.78, 5) is 23.3. The van der Waals surface area contributed by atoms with Gasteiger partial charge in [0.2, 0.25) is 5.91 Å². The van der Waals surface area contributed by atoms with Crippen molar-refractivity contribution in [3.63, 3.8) is 0 Å². The van der Waals surface area contributed by atoms with Gasteiger partial charge in [-0.3, -0.25) is 9.59 Å². The molecule has 1 aliphatic heterocycles. The van der Waals surface area contributed by atoms with Crippen LogP contribution in [0.25, 0.3) is 10.8 Å². The summed E-state index contributed by atoms with van der Waals surface area (Å²) < 4.78 is 5.09. The second-order valence-corrected chi connectivity index (χ2v) is 6.22. The SMILES string of the molecule is CC(=O)Oc1ccc([C@@H]2CC(=O)Nc3c2ccc2ccccc32)cc1. The molecular formula is C21H17NO3. The number of nitrogens with one attached hydrogen (secondary N) is 1. The summed E-state index contributed by atoms with van der Waals surface area (Å²) in [6.45, 7) is 1.38. The van der Waals surface area contributed by atoms with Crippen molar-refractivity contribution in [1.82, 2.24) is 0 Å². The first-order valence-electron chi connectivity index (χ1n) is 8.22. The molecule has 0 fully saturated rings. The number of anilines is 1. The first-order valence-corrected chi connectivity index (χ1v) is 8.22. The first-order chi connectivity index (χ1) is 12.1. The van der Waals surface area contributed by atoms with E-state index in [1.54, 1.807) is 12.1 Å². The van der Waals surface area contributed by atoms with Crippen molar-refractivity contribution in [3.8, 4) is 5.75 Å². The normalized spacial score (nSPS) is 16.2. The Morgan fingerprint density at radius 1 is 1.04 bits per heavy atom. The summed E-state index contributed by atoms with van der Waals surface area (Å²) in [5, 5.41) is 5.19. The second-order valence-electron chi connectivity index (χ2n) is 6.22. The first kappa shape index (κ1) is 15.4. The number of benzene rings is 3. The maximum absolute atomic E-state index is 12.3. The number of fused-ring (bicyclic) bond motifs is 3. The lowest BCUT2D eigenvalue weighted by atomic mass is 9.83. The highest BCUT2D eigenvalue weighted by molar-refractivity contribution is 6.06. The summed E-state index contributed by atoms with van der Waals surface area (Å²) in [5.74, 6) is 0.162. The van der Waals surface area contributed by atoms with E-state index in [1.807, 2.05) is 36.4 Å². The number of hydrogen-bond acceptors (Lipinski definition) is 3. The summed E-state index contributed by atoms with van der Waals surface area (Å²) in [7, 11) is 0. The smallest absolute Gasteiger partial charge is 0.308 e. The van der Waals surface area contributed by atoms with Gasteiger partial charge in [-0.15, -0.1) is 0 Å². The number of carbonyl (C=O) groups excluding carboxylic acids is 2. The van der Waals surface area contributed by atoms with Gasteiger partial charge in [-0.25, -0.2) is 0 Å². The second kappa shape index (κ2) is 6.06. The van der Waals surface area contributed by atoms with Crippen LogP contribution in [0.4, 0.5) is 5.69 Å². The van der Waals surface area contributed by atoms with Crippen LogP contribution in [-0.4, -0.2) is 11.9 Å². The van der Waals surface area contributed by atoms with Gasteiger partial charge in [-0.2, -0.15) is 0 Å². The number of hydrogen-bond donors (Lipinski definition) is 1. The molecular weight excluding hydrogens is 314 g/mol. The molecule has 124 valence electrons. The van der Waals surface area contributed by atoms with Crippen molar-refractivity contribution in [2.24, 2.45) is 0 Å². The molecule has 1 heterocycles. The minimum Gasteiger partial charge on any atom is -0.427 e. The quantitative estimate of drug-likeness (QED) is 0.564. The molecule has 1 N–H and O–H groups in total. The van der Waals surface area contributed by atoms with E-state index >= 15 is 0 Å². The molecule has 4 heteroatoms. The fourth-order valence-electron chi connectivity index (χ4n) is 3.44. The zero-order chi connectivity index (χ0) is 17.4. The van der Waals surface area contributed by atoms with Crippen LogP contribution < -0.4 is 10.1 Å². The highest BCUT2D eigenvalue weighted by Gasteiger charge is 2.27. The van der Waals surface area contributed by atoms with E-state index in [9.17, 15) is 9.59 Å². The van der Waals surface area contributed by atoms with Gasteiger partial charge in [0.1, 0.15) is 5.75 Å². The molecule has 0 saturated heterocycles. The standard InChI is InChI=1S/C21H17NO3/c1-13(23)25-16-9-6-15(7-10-16)19-12-20(24)22-21-17-5-3-2-4-14(17)8-11-18(19)21/h2-11,19H,12H2,1H3,(H,22,24)/t19-/m0/s1. The molecule has 1 atom stereocenters. The van der Waals surface area contributed by atoms with E-state index in [-0.39, 0.29) is 17.8 Å². The molecule has 0 unspecified atom stereocenters. The van der Waals surface area contributed by atoms with E-state index in [4.69, 9.17) is 4.74 Å². The Morgan fingerprint density at radius 2 is 1.80 bits per heavy atom. The molecule has 4 nitrogen and oxygen atoms in total. The van der Waals surface area contributed by atoms with Gasteiger partial charge >= 0.3 is 5.97 Å². The van der Waals surface area contributed by atoms with E-state index in [0.717, 1.165) is 27.6 Å². The van der Waals surface area contributed by atoms with Crippen molar-refractivity contribution >= 4 is 28.3 Å². The maximum atomic E-state index is 12.3. The van der Waals surface area contributed by atoms with E-state index < -0.39 is 0 Å². The third-order valence-corrected chi connectivity index (χ3v) is 4.53. The van der Waals surface area contributed by atoms with Crippen molar-refractivity contribution in [2.75, 3.05) is 5.32 Å². The van der Waals surface area contributed by atoms with Crippen molar-refractivity contribution in [2.45, 2.75) is 19.3 Å². The predicted molar refractivity (Wildman–Crippen MR) is 96.8 cm³/mol. The third-order valence-electron chi connectivity index (χ3n) is 4.53. The van der Waals surface area contributed by atoms with Crippen LogP contribution in [0.15, 0.2) is 60.7 Å². The van der Waals surface area contributed by atoms with Gasteiger partial charge in [0.05, 0.1) is 5.69 Å². The van der Waals surface area contributed by atoms with Crippen LogP contribution in [0.2, 0.25) is 0 Å². The zero-order valence-electron chi connectivity index (χ0n) is 13.8. The molecule has 0 saturated carbocycles. The van der Waals surface area contributed by atoms with Gasteiger partial charge in [0.15, 0.2) is 0 Å². The Hall–Kier alpha value is -3.14. The molecule has 0 aliphatic carbocycles. The summed E-state index contributed by atoms with van der Waals surface area (Å²) in [5.41, 5.74) is 3.03. The van der Waals surface area contributed by atoms with Gasteiger partial charge in [0, 0.05) is 24.6 Å². The van der Waals surface area contributed by atoms with Crippen molar-refractivity contribution in [3.05, 3.63) is 71.8 Å². The van der Waals surface area contributed by atoms with Crippen molar-refractivity contribution < 1.29 is 14.3 Å². The van der Waals surface area contributed by atoms with Crippen LogP contribution in [0, 0.1) is 0 Å². The topological polar surface area (TPSA) is 55.4 Å². The van der Waals surface area contributed by atoms with Crippen LogP contribution in [0.1, 0.15) is 30.4 Å². The number of rotatable bonds is 2. The van der Waals surface area contributed by atoms with Gasteiger partial charge in [-0.1, -0.05) is 48.5 Å². The lowest BCUT2D eigenvalue weighted by Gasteiger charge is -2.27. The fourth-order valence-corrected chi connectivity index (χ4v) is 3.44. The number of amides is 1. The Labute approximate surface area is 145 Å². The molecule has 4 rings (SSSR count). The highest BCUT2D eigenvalue weighted by Crippen LogP contribution is 2.41. The van der Waals surface area contributed by atoms with Crippen LogP contribution >= 0.6 is 0 Å². The Morgan fingerprint density at radius 3 is 2.56 bits per heavy atom. The molecule has 3 aromatic rings. The van der Waals surface area contributed by atoms with Crippen LogP contribution in [0.3, 0.4) is 0 Å². The number of ether oxygens (including phenoxy) is 1. The maximum Gasteiger partial charge on any atom is 0.308 e. The molecule has 25 heavy (non-hydrogen) atoms. The lowest BCUT2D eigenvalue weighted by molar-refractivity contribution is -0.131. The summed E-state index contributed by atoms with van der Waals surface area (Å²) in [6.07, 6.45) is 0.401. The Balaban J connectivity index is 1.78. The lowest BCUT2D eigenvalue weighted by Crippen LogP contribution is -2.23. The monoisotopic (exact) mass is 331 g/mol. The largest absolute Gasteiger partial charge is 0.427 e. The van der Waals surface area contributed by atoms with Crippen LogP contribution in [-0.2, 0) is 9.59 Å². The van der Waals surface area contributed by atoms with Gasteiger partial charge in [0.25, 0.3) is 0 Å². The zero-order valence-corrected chi connectivity index (χ0v) is 13.8. The average molecular weight is 331 g/mol. The molecule has 0 bridgehead atoms. The van der Waals surface area contributed by atoms with Crippen LogP contribution in [0.5, 0.6) is 5.75 Å². The summed E-state index contributed by atoms with van der Waals surface area (Å²) in [6, 6.07) is 19.6. The van der Waals surface area contributed by atoms with E-state index in [0.29, 0.717) is 12.2 Å². The molecule has 0 radical (unpaired) electrons. The fraction of sp³-hybridized carbons (Fsp3) is 0.143. The molecule has 1 aliphatic rings. The average Bonchev–Trinajstić information content (AvgIpc) is 2.61. The van der Waals surface area contributed by atoms with E-state index in [2.05, 4.69) is 17.4 Å². The molecule has 0 aromatic heterocycles. The minimum absolute atomic E-state index is 0.0120. The summed E-state index contributed by atoms with van der Waals surface area (Å²) >= 11 is 0. The van der Waals surface area contributed by atoms with Gasteiger partial charge < -0.3 is 10.1 Å². The minimum atomic E-state index is -0.346. The van der Waals surface area contributed by atoms with Gasteiger partial charge in [-0.05, 0) is 28.6 Å². The van der Waals surface area contributed by atoms with Crippen molar-refractivity contribution in [1.29, 1.82) is 0 Å².